The largest absolute Gasteiger partial charge is 0.478 e. The maximum Gasteiger partial charge on any atom is 0.328 e. The molecular formula is C25H26Cl3N4O5+. The standard InChI is InChI=1S/C21H21Cl3N4O.C4H4O4/c22-15-6-4-14(5-7-15)20-13-18(21(29)26-27-10-2-1-3-11-27)25-28(20)19-9-8-16(23)12-17(19)24;5-3(6)1-2-4(7)8/h4-9,12,20H,1-3,10-11,13H2,(H,26,29);1-2H,(H,5,6)(H,7,8)/p+1/b;2-1+/t20-;/m0./s1. The smallest absolute Gasteiger partial charge is 0.328 e. The van der Waals surface area contributed by atoms with Crippen LogP contribution in [0.25, 0.3) is 0 Å². The number of aliphatic carboxylic acids is 2. The van der Waals surface area contributed by atoms with Crippen molar-refractivity contribution in [2.45, 2.75) is 31.7 Å². The molecule has 0 saturated carbocycles. The Morgan fingerprint density at radius 2 is 1.51 bits per heavy atom. The number of nitrogens with one attached hydrogen (secondary N) is 2. The molecule has 12 heteroatoms. The SMILES string of the molecule is O=C(N[NH+]1CCCCC1)C1=NN(c2ccc(Cl)cc2Cl)[C@H](c2ccc(Cl)cc2)C1.O=C(O)/C=C/C(=O)O. The summed E-state index contributed by atoms with van der Waals surface area (Å²) in [5.41, 5.74) is 5.30. The van der Waals surface area contributed by atoms with Crippen LogP contribution < -0.4 is 15.4 Å². The monoisotopic (exact) mass is 567 g/mol. The lowest BCUT2D eigenvalue weighted by Gasteiger charge is -2.25. The first-order valence-corrected chi connectivity index (χ1v) is 12.6. The lowest BCUT2D eigenvalue weighted by atomic mass is 10.0. The van der Waals surface area contributed by atoms with Crippen LogP contribution in [0.2, 0.25) is 15.1 Å². The molecule has 4 N–H and O–H groups in total. The highest BCUT2D eigenvalue weighted by Gasteiger charge is 2.34. The van der Waals surface area contributed by atoms with Crippen molar-refractivity contribution in [3.05, 3.63) is 75.2 Å². The van der Waals surface area contributed by atoms with Gasteiger partial charge in [0.2, 0.25) is 0 Å². The number of benzene rings is 2. The van der Waals surface area contributed by atoms with Crippen molar-refractivity contribution < 1.29 is 29.6 Å². The van der Waals surface area contributed by atoms with Crippen molar-refractivity contribution >= 4 is 64.0 Å². The summed E-state index contributed by atoms with van der Waals surface area (Å²) in [5, 5.41) is 24.9. The second kappa shape index (κ2) is 13.4. The number of piperidine rings is 1. The minimum absolute atomic E-state index is 0.131. The predicted molar refractivity (Wildman–Crippen MR) is 142 cm³/mol. The van der Waals surface area contributed by atoms with Crippen LogP contribution in [0.5, 0.6) is 0 Å². The molecule has 37 heavy (non-hydrogen) atoms. The van der Waals surface area contributed by atoms with Gasteiger partial charge >= 0.3 is 17.8 Å². The minimum atomic E-state index is -1.26. The summed E-state index contributed by atoms with van der Waals surface area (Å²) in [6.45, 7) is 1.90. The lowest BCUT2D eigenvalue weighted by Crippen LogP contribution is -3.20. The molecule has 0 bridgehead atoms. The third kappa shape index (κ3) is 8.46. The Bertz CT molecular complexity index is 1180. The van der Waals surface area contributed by atoms with Crippen LogP contribution >= 0.6 is 34.8 Å². The van der Waals surface area contributed by atoms with Crippen molar-refractivity contribution in [3.63, 3.8) is 0 Å². The molecule has 196 valence electrons. The molecule has 1 atom stereocenters. The van der Waals surface area contributed by atoms with E-state index in [0.29, 0.717) is 45.0 Å². The molecule has 2 heterocycles. The third-order valence-electron chi connectivity index (χ3n) is 5.70. The lowest BCUT2D eigenvalue weighted by molar-refractivity contribution is -0.940. The number of carboxylic acids is 2. The zero-order valence-corrected chi connectivity index (χ0v) is 21.9. The summed E-state index contributed by atoms with van der Waals surface area (Å²) in [5.74, 6) is -2.65. The number of hydrogen-bond acceptors (Lipinski definition) is 5. The van der Waals surface area contributed by atoms with Crippen LogP contribution in [-0.2, 0) is 14.4 Å². The van der Waals surface area contributed by atoms with Gasteiger partial charge in [-0.3, -0.25) is 9.80 Å². The molecule has 0 aromatic heterocycles. The summed E-state index contributed by atoms with van der Waals surface area (Å²) >= 11 is 18.6. The van der Waals surface area contributed by atoms with Gasteiger partial charge in [0.1, 0.15) is 5.71 Å². The number of carbonyl (C=O) groups is 3. The summed E-state index contributed by atoms with van der Waals surface area (Å²) < 4.78 is 0. The molecule has 0 radical (unpaired) electrons. The number of rotatable bonds is 6. The Morgan fingerprint density at radius 3 is 2.08 bits per heavy atom. The molecule has 2 aromatic rings. The summed E-state index contributed by atoms with van der Waals surface area (Å²) in [6, 6.07) is 12.7. The molecule has 2 aliphatic heterocycles. The third-order valence-corrected chi connectivity index (χ3v) is 6.49. The van der Waals surface area contributed by atoms with E-state index < -0.39 is 11.9 Å². The fourth-order valence-electron chi connectivity index (χ4n) is 3.96. The number of amides is 1. The van der Waals surface area contributed by atoms with Crippen molar-refractivity contribution in [1.29, 1.82) is 0 Å². The second-order valence-electron chi connectivity index (χ2n) is 8.39. The fraction of sp³-hybridized carbons (Fsp3) is 0.280. The highest BCUT2D eigenvalue weighted by Crippen LogP contribution is 2.39. The summed E-state index contributed by atoms with van der Waals surface area (Å²) in [4.78, 5) is 32.0. The van der Waals surface area contributed by atoms with Crippen LogP contribution in [-0.4, -0.2) is 46.9 Å². The number of carbonyl (C=O) groups excluding carboxylic acids is 1. The Kier molecular flexibility index (Phi) is 10.3. The van der Waals surface area contributed by atoms with Crippen LogP contribution in [0.1, 0.15) is 37.3 Å². The molecule has 4 rings (SSSR count). The van der Waals surface area contributed by atoms with Gasteiger partial charge in [-0.15, -0.1) is 0 Å². The number of quaternary nitrogens is 1. The number of halogens is 3. The van der Waals surface area contributed by atoms with Crippen LogP contribution in [0.4, 0.5) is 5.69 Å². The average Bonchev–Trinajstić information content (AvgIpc) is 3.29. The molecule has 1 fully saturated rings. The van der Waals surface area contributed by atoms with Crippen molar-refractivity contribution in [1.82, 2.24) is 5.43 Å². The van der Waals surface area contributed by atoms with Crippen molar-refractivity contribution in [3.8, 4) is 0 Å². The van der Waals surface area contributed by atoms with E-state index in [2.05, 4.69) is 10.5 Å². The number of anilines is 1. The molecule has 0 unspecified atom stereocenters. The Labute approximate surface area is 228 Å². The van der Waals surface area contributed by atoms with Gasteiger partial charge in [-0.05, 0) is 55.2 Å². The Balaban J connectivity index is 0.000000414. The van der Waals surface area contributed by atoms with Crippen molar-refractivity contribution in [2.75, 3.05) is 18.1 Å². The number of nitrogens with zero attached hydrogens (tertiary/aromatic N) is 2. The van der Waals surface area contributed by atoms with Gasteiger partial charge in [-0.2, -0.15) is 10.5 Å². The quantitative estimate of drug-likeness (QED) is 0.394. The van der Waals surface area contributed by atoms with E-state index in [-0.39, 0.29) is 11.9 Å². The molecular weight excluding hydrogens is 543 g/mol. The Morgan fingerprint density at radius 1 is 0.919 bits per heavy atom. The van der Waals surface area contributed by atoms with Crippen LogP contribution in [0.15, 0.2) is 59.7 Å². The van der Waals surface area contributed by atoms with Crippen LogP contribution in [0, 0.1) is 0 Å². The van der Waals surface area contributed by atoms with E-state index in [0.717, 1.165) is 36.5 Å². The first kappa shape index (κ1) is 28.5. The van der Waals surface area contributed by atoms with E-state index in [1.807, 2.05) is 35.3 Å². The molecule has 0 spiro atoms. The summed E-state index contributed by atoms with van der Waals surface area (Å²) in [6.07, 6.45) is 5.08. The van der Waals surface area contributed by atoms with Gasteiger partial charge < -0.3 is 10.2 Å². The average molecular weight is 569 g/mol. The van der Waals surface area contributed by atoms with Crippen molar-refractivity contribution in [2.24, 2.45) is 5.10 Å². The van der Waals surface area contributed by atoms with E-state index in [4.69, 9.17) is 45.0 Å². The first-order chi connectivity index (χ1) is 17.6. The normalized spacial score (nSPS) is 17.6. The van der Waals surface area contributed by atoms with Gasteiger partial charge in [0.25, 0.3) is 0 Å². The van der Waals surface area contributed by atoms with Gasteiger partial charge in [-0.25, -0.2) is 14.6 Å². The minimum Gasteiger partial charge on any atom is -0.478 e. The maximum atomic E-state index is 12.9. The zero-order valence-electron chi connectivity index (χ0n) is 19.7. The van der Waals surface area contributed by atoms with E-state index >= 15 is 0 Å². The predicted octanol–water partition coefficient (Wildman–Crippen LogP) is 3.77. The maximum absolute atomic E-state index is 12.9. The molecule has 1 amide bonds. The topological polar surface area (TPSA) is 124 Å². The number of carboxylic acid groups (broad SMARTS) is 2. The van der Waals surface area contributed by atoms with Gasteiger partial charge in [0.05, 0.1) is 29.8 Å². The van der Waals surface area contributed by atoms with E-state index in [9.17, 15) is 14.4 Å². The zero-order chi connectivity index (χ0) is 26.9. The molecule has 9 nitrogen and oxygen atoms in total. The summed E-state index contributed by atoms with van der Waals surface area (Å²) in [7, 11) is 0. The molecule has 2 aromatic carbocycles. The van der Waals surface area contributed by atoms with E-state index in [1.54, 1.807) is 12.1 Å². The number of hydrazone groups is 1. The highest BCUT2D eigenvalue weighted by molar-refractivity contribution is 6.40. The van der Waals surface area contributed by atoms with Gasteiger partial charge in [0.15, 0.2) is 0 Å². The second-order valence-corrected chi connectivity index (χ2v) is 9.67. The first-order valence-electron chi connectivity index (χ1n) is 11.5. The molecule has 2 aliphatic rings. The highest BCUT2D eigenvalue weighted by atomic mass is 35.5. The Hall–Kier alpha value is -3.11. The van der Waals surface area contributed by atoms with Gasteiger partial charge in [-0.1, -0.05) is 46.9 Å². The van der Waals surface area contributed by atoms with E-state index in [1.165, 1.54) is 6.42 Å². The molecule has 0 aliphatic carbocycles. The van der Waals surface area contributed by atoms with Crippen LogP contribution in [0.3, 0.4) is 0 Å². The molecule has 1 saturated heterocycles. The fourth-order valence-corrected chi connectivity index (χ4v) is 4.58. The number of hydrogen-bond donors (Lipinski definition) is 4. The van der Waals surface area contributed by atoms with Gasteiger partial charge in [0, 0.05) is 28.6 Å².